The Labute approximate surface area is 333 Å². The molecule has 8 aromatic carbocycles. The number of anilines is 6. The van der Waals surface area contributed by atoms with Gasteiger partial charge >= 0.3 is 0 Å². The summed E-state index contributed by atoms with van der Waals surface area (Å²) in [4.78, 5) is 15.2. The second-order valence-corrected chi connectivity index (χ2v) is 17.2. The smallest absolute Gasteiger partial charge is 0.0612 e. The first-order valence-corrected chi connectivity index (χ1v) is 21.1. The van der Waals surface area contributed by atoms with Gasteiger partial charge in [0.05, 0.1) is 21.2 Å². The second kappa shape index (κ2) is 14.5. The Morgan fingerprint density at radius 2 is 0.556 bits per heavy atom. The molecule has 8 aromatic rings. The van der Waals surface area contributed by atoms with Crippen LogP contribution in [0.1, 0.15) is 0 Å². The Balaban J connectivity index is 0.988. The fraction of sp³-hybridized carbons (Fsp3) is 0. The predicted octanol–water partition coefficient (Wildman–Crippen LogP) is 15.5. The molecule has 0 amide bonds. The third-order valence-electron chi connectivity index (χ3n) is 9.57. The minimum absolute atomic E-state index is 1.13. The van der Waals surface area contributed by atoms with Crippen molar-refractivity contribution in [2.75, 3.05) is 9.80 Å². The summed E-state index contributed by atoms with van der Waals surface area (Å²) in [7, 11) is 0. The summed E-state index contributed by atoms with van der Waals surface area (Å²) in [5.41, 5.74) is 9.26. The standard InChI is InChI=1S/C48H32N2S4/c1-3-13-35(14-4-1)49(39-17-11-23-45-47(39)53-43-21-9-7-19-41(43)51-45)37-29-25-33(26-30-37)34-27-31-38(32-28-34)50(36-15-5-2-6-16-36)40-18-12-24-46-48(40)54-44-22-10-8-20-42(44)52-46/h1-32H. The molecule has 0 spiro atoms. The van der Waals surface area contributed by atoms with E-state index in [1.54, 1.807) is 0 Å². The number of fused-ring (bicyclic) bond motifs is 4. The van der Waals surface area contributed by atoms with E-state index in [4.69, 9.17) is 0 Å². The largest absolute Gasteiger partial charge is 0.309 e. The van der Waals surface area contributed by atoms with Gasteiger partial charge in [-0.25, -0.2) is 0 Å². The van der Waals surface area contributed by atoms with Gasteiger partial charge in [-0.3, -0.25) is 0 Å². The third-order valence-corrected chi connectivity index (χ3v) is 14.8. The summed E-state index contributed by atoms with van der Waals surface area (Å²) < 4.78 is 0. The van der Waals surface area contributed by atoms with E-state index in [0.29, 0.717) is 0 Å². The van der Waals surface area contributed by atoms with Crippen LogP contribution in [0.5, 0.6) is 0 Å². The summed E-state index contributed by atoms with van der Waals surface area (Å²) in [5, 5.41) is 0. The van der Waals surface area contributed by atoms with Crippen LogP contribution in [-0.2, 0) is 0 Å². The SMILES string of the molecule is c1ccc(N(c2ccc(-c3ccc(N(c4ccccc4)c4cccc5c4Sc4ccccc4S5)cc3)cc2)c2cccc3c2Sc2ccccc2S3)cc1. The van der Waals surface area contributed by atoms with Crippen molar-refractivity contribution in [2.24, 2.45) is 0 Å². The zero-order valence-electron chi connectivity index (χ0n) is 29.0. The first-order chi connectivity index (χ1) is 26.8. The lowest BCUT2D eigenvalue weighted by Gasteiger charge is -2.30. The summed E-state index contributed by atoms with van der Waals surface area (Å²) in [6.45, 7) is 0. The molecular formula is C48H32N2S4. The lowest BCUT2D eigenvalue weighted by atomic mass is 10.0. The van der Waals surface area contributed by atoms with Crippen molar-refractivity contribution in [1.82, 2.24) is 0 Å². The van der Waals surface area contributed by atoms with E-state index < -0.39 is 0 Å². The molecule has 10 rings (SSSR count). The molecular weight excluding hydrogens is 733 g/mol. The molecule has 0 saturated carbocycles. The molecule has 0 N–H and O–H groups in total. The van der Waals surface area contributed by atoms with E-state index in [-0.39, 0.29) is 0 Å². The molecule has 6 heteroatoms. The van der Waals surface area contributed by atoms with Crippen LogP contribution in [0.25, 0.3) is 11.1 Å². The molecule has 0 aromatic heterocycles. The van der Waals surface area contributed by atoms with Crippen LogP contribution in [0, 0.1) is 0 Å². The van der Waals surface area contributed by atoms with Crippen molar-refractivity contribution in [3.63, 3.8) is 0 Å². The molecule has 258 valence electrons. The molecule has 0 atom stereocenters. The third kappa shape index (κ3) is 6.29. The number of hydrogen-bond donors (Lipinski definition) is 0. The Hall–Kier alpha value is -5.24. The van der Waals surface area contributed by atoms with Crippen LogP contribution in [0.15, 0.2) is 233 Å². The van der Waals surface area contributed by atoms with E-state index in [1.807, 2.05) is 47.0 Å². The average molecular weight is 765 g/mol. The fourth-order valence-corrected chi connectivity index (χ4v) is 11.8. The van der Waals surface area contributed by atoms with Crippen molar-refractivity contribution in [3.05, 3.63) is 194 Å². The van der Waals surface area contributed by atoms with Crippen molar-refractivity contribution >= 4 is 81.2 Å². The topological polar surface area (TPSA) is 6.48 Å². The van der Waals surface area contributed by atoms with Gasteiger partial charge in [0.2, 0.25) is 0 Å². The van der Waals surface area contributed by atoms with E-state index >= 15 is 0 Å². The van der Waals surface area contributed by atoms with Gasteiger partial charge in [0.1, 0.15) is 0 Å². The predicted molar refractivity (Wildman–Crippen MR) is 231 cm³/mol. The summed E-state index contributed by atoms with van der Waals surface area (Å²) in [6, 6.07) is 70.2. The van der Waals surface area contributed by atoms with Crippen LogP contribution in [0.3, 0.4) is 0 Å². The highest BCUT2D eigenvalue weighted by Crippen LogP contribution is 2.55. The molecule has 0 fully saturated rings. The normalized spacial score (nSPS) is 12.5. The highest BCUT2D eigenvalue weighted by atomic mass is 32.2. The van der Waals surface area contributed by atoms with Crippen LogP contribution >= 0.6 is 47.0 Å². The van der Waals surface area contributed by atoms with Crippen molar-refractivity contribution < 1.29 is 0 Å². The molecule has 2 nitrogen and oxygen atoms in total. The maximum atomic E-state index is 2.39. The van der Waals surface area contributed by atoms with Gasteiger partial charge in [-0.1, -0.05) is 144 Å². The van der Waals surface area contributed by atoms with E-state index in [1.165, 1.54) is 61.7 Å². The minimum atomic E-state index is 1.13. The molecule has 54 heavy (non-hydrogen) atoms. The number of hydrogen-bond acceptors (Lipinski definition) is 6. The maximum absolute atomic E-state index is 2.39. The molecule has 0 aliphatic carbocycles. The van der Waals surface area contributed by atoms with Gasteiger partial charge in [-0.2, -0.15) is 0 Å². The quantitative estimate of drug-likeness (QED) is 0.158. The molecule has 2 heterocycles. The number of nitrogens with zero attached hydrogens (tertiary/aromatic N) is 2. The second-order valence-electron chi connectivity index (χ2n) is 12.9. The number of para-hydroxylation sites is 2. The highest BCUT2D eigenvalue weighted by molar-refractivity contribution is 8.05. The molecule has 2 aliphatic rings. The van der Waals surface area contributed by atoms with Crippen molar-refractivity contribution in [2.45, 2.75) is 39.2 Å². The Bertz CT molecular complexity index is 2430. The first-order valence-electron chi connectivity index (χ1n) is 17.8. The molecule has 0 unspecified atom stereocenters. The molecule has 0 radical (unpaired) electrons. The summed E-state index contributed by atoms with van der Waals surface area (Å²) in [6.07, 6.45) is 0. The first kappa shape index (κ1) is 33.3. The summed E-state index contributed by atoms with van der Waals surface area (Å²) >= 11 is 7.44. The minimum Gasteiger partial charge on any atom is -0.309 e. The van der Waals surface area contributed by atoms with Gasteiger partial charge in [0, 0.05) is 52.1 Å². The van der Waals surface area contributed by atoms with E-state index in [9.17, 15) is 0 Å². The Kier molecular flexibility index (Phi) is 8.97. The lowest BCUT2D eigenvalue weighted by molar-refractivity contribution is 1.12. The van der Waals surface area contributed by atoms with Crippen LogP contribution < -0.4 is 9.80 Å². The Morgan fingerprint density at radius 1 is 0.241 bits per heavy atom. The van der Waals surface area contributed by atoms with Crippen LogP contribution in [0.2, 0.25) is 0 Å². The maximum Gasteiger partial charge on any atom is 0.0612 e. The number of benzene rings is 8. The van der Waals surface area contributed by atoms with Crippen molar-refractivity contribution in [1.29, 1.82) is 0 Å². The fourth-order valence-electron chi connectivity index (χ4n) is 7.04. The van der Waals surface area contributed by atoms with Gasteiger partial charge in [-0.05, 0) is 108 Å². The summed E-state index contributed by atoms with van der Waals surface area (Å²) in [5.74, 6) is 0. The molecule has 0 saturated heterocycles. The van der Waals surface area contributed by atoms with Crippen molar-refractivity contribution in [3.8, 4) is 11.1 Å². The average Bonchev–Trinajstić information content (AvgIpc) is 3.24. The molecule has 2 aliphatic heterocycles. The molecule has 0 bridgehead atoms. The zero-order valence-corrected chi connectivity index (χ0v) is 32.3. The number of rotatable bonds is 7. The van der Waals surface area contributed by atoms with Crippen LogP contribution in [0.4, 0.5) is 34.1 Å². The monoisotopic (exact) mass is 764 g/mol. The van der Waals surface area contributed by atoms with Gasteiger partial charge in [0.25, 0.3) is 0 Å². The van der Waals surface area contributed by atoms with Crippen LogP contribution in [-0.4, -0.2) is 0 Å². The Morgan fingerprint density at radius 3 is 0.944 bits per heavy atom. The van der Waals surface area contributed by atoms with E-state index in [0.717, 1.165) is 22.7 Å². The van der Waals surface area contributed by atoms with Gasteiger partial charge < -0.3 is 9.80 Å². The van der Waals surface area contributed by atoms with Gasteiger partial charge in [0.15, 0.2) is 0 Å². The highest BCUT2D eigenvalue weighted by Gasteiger charge is 2.26. The lowest BCUT2D eigenvalue weighted by Crippen LogP contribution is -2.12. The van der Waals surface area contributed by atoms with E-state index in [2.05, 4.69) is 204 Å². The zero-order chi connectivity index (χ0) is 35.8. The van der Waals surface area contributed by atoms with Gasteiger partial charge in [-0.15, -0.1) is 0 Å².